The van der Waals surface area contributed by atoms with Crippen LogP contribution < -0.4 is 0 Å². The molecular formula is C9H14BrN3O. The molecule has 0 spiro atoms. The molecule has 0 radical (unpaired) electrons. The minimum Gasteiger partial charge on any atom is -0.292 e. The predicted octanol–water partition coefficient (Wildman–Crippen LogP) is 2.05. The number of aryl methyl sites for hydroxylation is 1. The molecule has 1 atom stereocenters. The lowest BCUT2D eigenvalue weighted by Crippen LogP contribution is -2.20. The molecule has 78 valence electrons. The van der Waals surface area contributed by atoms with Crippen LogP contribution in [-0.2, 0) is 7.05 Å². The van der Waals surface area contributed by atoms with Gasteiger partial charge in [0, 0.05) is 13.0 Å². The summed E-state index contributed by atoms with van der Waals surface area (Å²) in [5, 5.41) is 7.57. The molecule has 1 rings (SSSR count). The second-order valence-corrected chi connectivity index (χ2v) is 4.50. The summed E-state index contributed by atoms with van der Waals surface area (Å²) in [7, 11) is 1.72. The summed E-state index contributed by atoms with van der Waals surface area (Å²) in [5.41, 5.74) is 0.547. The molecular weight excluding hydrogens is 246 g/mol. The van der Waals surface area contributed by atoms with E-state index < -0.39 is 0 Å². The van der Waals surface area contributed by atoms with E-state index in [9.17, 15) is 4.79 Å². The summed E-state index contributed by atoms with van der Waals surface area (Å²) in [6.07, 6.45) is 0. The lowest BCUT2D eigenvalue weighted by atomic mass is 9.92. The number of Topliss-reactive ketones (excluding diaryl/α,β-unsaturated/α-hetero) is 1. The fourth-order valence-electron chi connectivity index (χ4n) is 1.11. The molecule has 0 aromatic carbocycles. The van der Waals surface area contributed by atoms with Crippen molar-refractivity contribution in [1.82, 2.24) is 15.0 Å². The minimum absolute atomic E-state index is 0.0106. The lowest BCUT2D eigenvalue weighted by molar-refractivity contribution is 0.0889. The zero-order valence-electron chi connectivity index (χ0n) is 8.78. The van der Waals surface area contributed by atoms with Crippen molar-refractivity contribution < 1.29 is 4.79 Å². The number of ketones is 1. The first-order valence-corrected chi connectivity index (χ1v) is 5.33. The zero-order valence-corrected chi connectivity index (χ0v) is 10.4. The van der Waals surface area contributed by atoms with Crippen LogP contribution in [0, 0.1) is 11.8 Å². The lowest BCUT2D eigenvalue weighted by Gasteiger charge is -2.13. The molecule has 0 saturated carbocycles. The van der Waals surface area contributed by atoms with Gasteiger partial charge in [0.05, 0.1) is 0 Å². The SMILES string of the molecule is CC(C)C(C)C(=O)c1c(Br)nnn1C. The molecule has 1 unspecified atom stereocenters. The van der Waals surface area contributed by atoms with Gasteiger partial charge in [-0.25, -0.2) is 4.68 Å². The Hall–Kier alpha value is -0.710. The highest BCUT2D eigenvalue weighted by Gasteiger charge is 2.24. The van der Waals surface area contributed by atoms with Gasteiger partial charge in [-0.05, 0) is 21.8 Å². The van der Waals surface area contributed by atoms with Crippen molar-refractivity contribution in [3.8, 4) is 0 Å². The first kappa shape index (κ1) is 11.4. The van der Waals surface area contributed by atoms with Crippen LogP contribution in [0.15, 0.2) is 4.60 Å². The molecule has 4 nitrogen and oxygen atoms in total. The Morgan fingerprint density at radius 1 is 1.43 bits per heavy atom. The van der Waals surface area contributed by atoms with E-state index in [0.717, 1.165) is 0 Å². The Morgan fingerprint density at radius 3 is 2.36 bits per heavy atom. The monoisotopic (exact) mass is 259 g/mol. The van der Waals surface area contributed by atoms with E-state index in [1.807, 2.05) is 20.8 Å². The van der Waals surface area contributed by atoms with E-state index in [1.165, 1.54) is 4.68 Å². The van der Waals surface area contributed by atoms with Crippen LogP contribution >= 0.6 is 15.9 Å². The number of carbonyl (C=O) groups is 1. The van der Waals surface area contributed by atoms with Crippen molar-refractivity contribution >= 4 is 21.7 Å². The first-order valence-electron chi connectivity index (χ1n) is 4.54. The van der Waals surface area contributed by atoms with Gasteiger partial charge in [0.25, 0.3) is 0 Å². The molecule has 14 heavy (non-hydrogen) atoms. The molecule has 0 aliphatic carbocycles. The van der Waals surface area contributed by atoms with E-state index in [-0.39, 0.29) is 11.7 Å². The summed E-state index contributed by atoms with van der Waals surface area (Å²) >= 11 is 3.22. The van der Waals surface area contributed by atoms with Gasteiger partial charge < -0.3 is 0 Å². The summed E-state index contributed by atoms with van der Waals surface area (Å²) in [6, 6.07) is 0. The number of carbonyl (C=O) groups excluding carboxylic acids is 1. The molecule has 5 heteroatoms. The second-order valence-electron chi connectivity index (χ2n) is 3.75. The molecule has 1 aromatic heterocycles. The van der Waals surface area contributed by atoms with Crippen LogP contribution in [-0.4, -0.2) is 20.8 Å². The largest absolute Gasteiger partial charge is 0.292 e. The Balaban J connectivity index is 3.00. The summed E-state index contributed by atoms with van der Waals surface area (Å²) in [6.45, 7) is 5.98. The van der Waals surface area contributed by atoms with Gasteiger partial charge >= 0.3 is 0 Å². The highest BCUT2D eigenvalue weighted by Crippen LogP contribution is 2.20. The van der Waals surface area contributed by atoms with Crippen LogP contribution in [0.5, 0.6) is 0 Å². The normalized spacial score (nSPS) is 13.3. The van der Waals surface area contributed by atoms with Crippen molar-refractivity contribution in [2.45, 2.75) is 20.8 Å². The summed E-state index contributed by atoms with van der Waals surface area (Å²) < 4.78 is 2.03. The number of halogens is 1. The maximum atomic E-state index is 12.0. The average Bonchev–Trinajstić information content (AvgIpc) is 2.44. The number of nitrogens with zero attached hydrogens (tertiary/aromatic N) is 3. The quantitative estimate of drug-likeness (QED) is 0.781. The molecule has 1 aromatic rings. The number of hydrogen-bond acceptors (Lipinski definition) is 3. The Bertz CT molecular complexity index is 326. The molecule has 0 aliphatic rings. The van der Waals surface area contributed by atoms with E-state index in [1.54, 1.807) is 7.05 Å². The Morgan fingerprint density at radius 2 is 2.00 bits per heavy atom. The topological polar surface area (TPSA) is 47.8 Å². The fraction of sp³-hybridized carbons (Fsp3) is 0.667. The van der Waals surface area contributed by atoms with Gasteiger partial charge in [0.1, 0.15) is 5.69 Å². The van der Waals surface area contributed by atoms with Crippen LogP contribution in [0.1, 0.15) is 31.3 Å². The summed E-state index contributed by atoms with van der Waals surface area (Å²) in [5.74, 6) is 0.396. The van der Waals surface area contributed by atoms with Crippen molar-refractivity contribution in [3.05, 3.63) is 10.3 Å². The fourth-order valence-corrected chi connectivity index (χ4v) is 1.63. The molecule has 0 fully saturated rings. The molecule has 0 saturated heterocycles. The van der Waals surface area contributed by atoms with Crippen molar-refractivity contribution in [3.63, 3.8) is 0 Å². The smallest absolute Gasteiger partial charge is 0.186 e. The number of rotatable bonds is 3. The van der Waals surface area contributed by atoms with Crippen molar-refractivity contribution in [1.29, 1.82) is 0 Å². The van der Waals surface area contributed by atoms with Crippen LogP contribution in [0.3, 0.4) is 0 Å². The van der Waals surface area contributed by atoms with E-state index in [0.29, 0.717) is 16.2 Å². The number of hydrogen-bond donors (Lipinski definition) is 0. The van der Waals surface area contributed by atoms with Gasteiger partial charge in [-0.2, -0.15) is 0 Å². The highest BCUT2D eigenvalue weighted by atomic mass is 79.9. The van der Waals surface area contributed by atoms with Gasteiger partial charge in [0.2, 0.25) is 0 Å². The van der Waals surface area contributed by atoms with Crippen molar-refractivity contribution in [2.24, 2.45) is 18.9 Å². The molecule has 1 heterocycles. The first-order chi connectivity index (χ1) is 6.45. The average molecular weight is 260 g/mol. The molecule has 0 bridgehead atoms. The molecule has 0 aliphatic heterocycles. The van der Waals surface area contributed by atoms with Gasteiger partial charge in [0.15, 0.2) is 10.4 Å². The van der Waals surface area contributed by atoms with Crippen molar-refractivity contribution in [2.75, 3.05) is 0 Å². The maximum Gasteiger partial charge on any atom is 0.186 e. The van der Waals surface area contributed by atoms with Gasteiger partial charge in [-0.15, -0.1) is 5.10 Å². The molecule has 0 amide bonds. The third-order valence-electron chi connectivity index (χ3n) is 2.43. The van der Waals surface area contributed by atoms with Crippen LogP contribution in [0.4, 0.5) is 0 Å². The van der Waals surface area contributed by atoms with Gasteiger partial charge in [-0.3, -0.25) is 4.79 Å². The molecule has 0 N–H and O–H groups in total. The van der Waals surface area contributed by atoms with Crippen LogP contribution in [0.2, 0.25) is 0 Å². The minimum atomic E-state index is -0.0106. The van der Waals surface area contributed by atoms with E-state index in [2.05, 4.69) is 26.2 Å². The third kappa shape index (κ3) is 2.03. The second kappa shape index (κ2) is 4.21. The van der Waals surface area contributed by atoms with E-state index >= 15 is 0 Å². The maximum absolute atomic E-state index is 12.0. The van der Waals surface area contributed by atoms with E-state index in [4.69, 9.17) is 0 Å². The Labute approximate surface area is 91.8 Å². The van der Waals surface area contributed by atoms with Crippen LogP contribution in [0.25, 0.3) is 0 Å². The number of aromatic nitrogens is 3. The van der Waals surface area contributed by atoms with Gasteiger partial charge in [-0.1, -0.05) is 26.0 Å². The third-order valence-corrected chi connectivity index (χ3v) is 2.97. The zero-order chi connectivity index (χ0) is 10.9. The Kier molecular flexibility index (Phi) is 3.42. The summed E-state index contributed by atoms with van der Waals surface area (Å²) in [4.78, 5) is 12.0. The highest BCUT2D eigenvalue weighted by molar-refractivity contribution is 9.10. The standard InChI is InChI=1S/C9H14BrN3O/c1-5(2)6(3)8(14)7-9(10)11-12-13(7)4/h5-6H,1-4H3. The predicted molar refractivity (Wildman–Crippen MR) is 57.0 cm³/mol.